The van der Waals surface area contributed by atoms with E-state index >= 15 is 0 Å². The molecule has 7 heteroatoms. The van der Waals surface area contributed by atoms with Crippen LogP contribution in [0.2, 0.25) is 0 Å². The van der Waals surface area contributed by atoms with Crippen LogP contribution < -0.4 is 20.3 Å². The van der Waals surface area contributed by atoms with Crippen LogP contribution in [-0.4, -0.2) is 37.7 Å². The molecule has 2 aromatic carbocycles. The van der Waals surface area contributed by atoms with E-state index in [-0.39, 0.29) is 17.8 Å². The van der Waals surface area contributed by atoms with Crippen LogP contribution in [0, 0.1) is 11.7 Å². The summed E-state index contributed by atoms with van der Waals surface area (Å²) in [6.07, 6.45) is -0.815. The minimum absolute atomic E-state index is 0.0434. The van der Waals surface area contributed by atoms with Crippen LogP contribution >= 0.6 is 0 Å². The Balaban J connectivity index is 1.91. The molecule has 2 rings (SSSR count). The molecule has 0 saturated heterocycles. The third kappa shape index (κ3) is 7.19. The number of carbonyl (C=O) groups is 2. The van der Waals surface area contributed by atoms with Gasteiger partial charge >= 0.3 is 6.09 Å². The summed E-state index contributed by atoms with van der Waals surface area (Å²) in [5.74, 6) is -0.413. The fourth-order valence-electron chi connectivity index (χ4n) is 2.94. The first-order valence-corrected chi connectivity index (χ1v) is 9.56. The number of hydrogen-bond donors (Lipinski definition) is 2. The van der Waals surface area contributed by atoms with Gasteiger partial charge in [-0.3, -0.25) is 10.1 Å². The molecule has 156 valence electrons. The predicted molar refractivity (Wildman–Crippen MR) is 112 cm³/mol. The number of halogens is 1. The summed E-state index contributed by atoms with van der Waals surface area (Å²) >= 11 is 0. The number of carbonyl (C=O) groups excluding carboxylic acids is 2. The van der Waals surface area contributed by atoms with Gasteiger partial charge in [0.05, 0.1) is 6.04 Å². The number of anilines is 1. The van der Waals surface area contributed by atoms with Gasteiger partial charge in [0.25, 0.3) is 0 Å². The molecule has 0 heterocycles. The molecule has 6 nitrogen and oxygen atoms in total. The molecule has 0 bridgehead atoms. The molecule has 2 amide bonds. The molecule has 0 aliphatic carbocycles. The van der Waals surface area contributed by atoms with E-state index in [0.717, 1.165) is 5.69 Å². The number of rotatable bonds is 8. The lowest BCUT2D eigenvalue weighted by molar-refractivity contribution is -0.123. The highest BCUT2D eigenvalue weighted by atomic mass is 19.1. The second-order valence-corrected chi connectivity index (χ2v) is 7.34. The molecule has 0 aliphatic heterocycles. The van der Waals surface area contributed by atoms with E-state index < -0.39 is 18.0 Å². The molecule has 0 saturated carbocycles. The number of hydrogen-bond acceptors (Lipinski definition) is 5. The van der Waals surface area contributed by atoms with Gasteiger partial charge in [0.15, 0.2) is 0 Å². The Hall–Kier alpha value is -2.93. The second kappa shape index (κ2) is 10.6. The normalized spacial score (nSPS) is 12.9. The van der Waals surface area contributed by atoms with E-state index in [1.807, 2.05) is 32.7 Å². The Bertz CT molecular complexity index is 797. The van der Waals surface area contributed by atoms with E-state index in [9.17, 15) is 14.0 Å². The first-order valence-electron chi connectivity index (χ1n) is 9.56. The van der Waals surface area contributed by atoms with Crippen molar-refractivity contribution in [2.75, 3.05) is 18.5 Å². The molecule has 0 aromatic heterocycles. The molecule has 0 radical (unpaired) electrons. The van der Waals surface area contributed by atoms with Gasteiger partial charge in [0, 0.05) is 25.3 Å². The lowest BCUT2D eigenvalue weighted by atomic mass is 10.0. The summed E-state index contributed by atoms with van der Waals surface area (Å²) in [6.45, 7) is 6.34. The van der Waals surface area contributed by atoms with Crippen LogP contribution in [-0.2, 0) is 4.79 Å². The number of benzene rings is 2. The van der Waals surface area contributed by atoms with Crippen molar-refractivity contribution in [3.05, 3.63) is 60.4 Å². The van der Waals surface area contributed by atoms with Crippen molar-refractivity contribution >= 4 is 17.7 Å². The summed E-state index contributed by atoms with van der Waals surface area (Å²) in [7, 11) is 1.90. The third-order valence-electron chi connectivity index (χ3n) is 4.41. The maximum absolute atomic E-state index is 13.1. The van der Waals surface area contributed by atoms with Gasteiger partial charge in [0.1, 0.15) is 11.6 Å². The largest absolute Gasteiger partial charge is 0.419 e. The van der Waals surface area contributed by atoms with Gasteiger partial charge in [-0.25, -0.2) is 9.18 Å². The maximum Gasteiger partial charge on any atom is 0.419 e. The number of nitrogens with zero attached hydrogens (tertiary/aromatic N) is 1. The van der Waals surface area contributed by atoms with Crippen LogP contribution in [0.4, 0.5) is 14.9 Å². The molecule has 29 heavy (non-hydrogen) atoms. The molecule has 2 aromatic rings. The Morgan fingerprint density at radius 2 is 1.66 bits per heavy atom. The van der Waals surface area contributed by atoms with Gasteiger partial charge < -0.3 is 15.0 Å². The predicted octanol–water partition coefficient (Wildman–Crippen LogP) is 3.58. The highest BCUT2D eigenvalue weighted by Gasteiger charge is 2.26. The average molecular weight is 401 g/mol. The van der Waals surface area contributed by atoms with Crippen molar-refractivity contribution in [1.29, 1.82) is 0 Å². The zero-order valence-corrected chi connectivity index (χ0v) is 17.2. The summed E-state index contributed by atoms with van der Waals surface area (Å²) in [5.41, 5.74) is 0.872. The number of imide groups is 1. The Kier molecular flexibility index (Phi) is 8.15. The van der Waals surface area contributed by atoms with Crippen molar-refractivity contribution in [1.82, 2.24) is 10.6 Å². The lowest BCUT2D eigenvalue weighted by Crippen LogP contribution is -2.54. The van der Waals surface area contributed by atoms with E-state index in [0.29, 0.717) is 12.3 Å². The van der Waals surface area contributed by atoms with E-state index in [1.165, 1.54) is 12.1 Å². The van der Waals surface area contributed by atoms with Gasteiger partial charge in [-0.2, -0.15) is 0 Å². The van der Waals surface area contributed by atoms with Crippen LogP contribution in [0.1, 0.15) is 20.8 Å². The molecule has 2 N–H and O–H groups in total. The SMILES string of the molecule is CC(CN(C)c1ccc(F)cc1)N[C@H](C(=O)NC(=O)Oc1ccccc1)C(C)C. The standard InChI is InChI=1S/C22H28FN3O3/c1-15(2)20(21(27)25-22(28)29-19-8-6-5-7-9-19)24-16(3)14-26(4)18-12-10-17(23)11-13-18/h5-13,15-16,20,24H,14H2,1-4H3,(H,25,27,28)/t16?,20-/m0/s1. The van der Waals surface area contributed by atoms with Crippen molar-refractivity contribution in [3.8, 4) is 5.75 Å². The van der Waals surface area contributed by atoms with Crippen molar-refractivity contribution in [3.63, 3.8) is 0 Å². The van der Waals surface area contributed by atoms with Crippen LogP contribution in [0.25, 0.3) is 0 Å². The zero-order valence-electron chi connectivity index (χ0n) is 17.2. The van der Waals surface area contributed by atoms with Crippen LogP contribution in [0.3, 0.4) is 0 Å². The first kappa shape index (κ1) is 22.4. The molecule has 0 fully saturated rings. The second-order valence-electron chi connectivity index (χ2n) is 7.34. The fourth-order valence-corrected chi connectivity index (χ4v) is 2.94. The molecule has 0 aliphatic rings. The summed E-state index contributed by atoms with van der Waals surface area (Å²) in [5, 5.41) is 5.55. The summed E-state index contributed by atoms with van der Waals surface area (Å²) < 4.78 is 18.2. The smallest absolute Gasteiger partial charge is 0.410 e. The lowest BCUT2D eigenvalue weighted by Gasteiger charge is -2.29. The van der Waals surface area contributed by atoms with E-state index in [1.54, 1.807) is 42.5 Å². The fraction of sp³-hybridized carbons (Fsp3) is 0.364. The van der Waals surface area contributed by atoms with Crippen molar-refractivity contribution in [2.24, 2.45) is 5.92 Å². The van der Waals surface area contributed by atoms with Gasteiger partial charge in [0.2, 0.25) is 5.91 Å². The molecule has 1 unspecified atom stereocenters. The van der Waals surface area contributed by atoms with Crippen LogP contribution in [0.5, 0.6) is 5.75 Å². The number of likely N-dealkylation sites (N-methyl/N-ethyl adjacent to an activating group) is 1. The van der Waals surface area contributed by atoms with Crippen molar-refractivity contribution < 1.29 is 18.7 Å². The Morgan fingerprint density at radius 3 is 2.24 bits per heavy atom. The minimum Gasteiger partial charge on any atom is -0.410 e. The number of amides is 2. The van der Waals surface area contributed by atoms with Gasteiger partial charge in [-0.15, -0.1) is 0 Å². The summed E-state index contributed by atoms with van der Waals surface area (Å²) in [4.78, 5) is 26.6. The average Bonchev–Trinajstić information content (AvgIpc) is 2.66. The van der Waals surface area contributed by atoms with Crippen molar-refractivity contribution in [2.45, 2.75) is 32.9 Å². The summed E-state index contributed by atoms with van der Waals surface area (Å²) in [6, 6.07) is 14.1. The zero-order chi connectivity index (χ0) is 21.4. The van der Waals surface area contributed by atoms with E-state index in [4.69, 9.17) is 4.74 Å². The first-order chi connectivity index (χ1) is 13.8. The van der Waals surface area contributed by atoms with Crippen LogP contribution in [0.15, 0.2) is 54.6 Å². The van der Waals surface area contributed by atoms with Gasteiger partial charge in [-0.05, 0) is 49.2 Å². The van der Waals surface area contributed by atoms with Gasteiger partial charge in [-0.1, -0.05) is 32.0 Å². The molecular formula is C22H28FN3O3. The number of para-hydroxylation sites is 1. The number of ether oxygens (including phenoxy) is 1. The topological polar surface area (TPSA) is 70.7 Å². The molecule has 2 atom stereocenters. The van der Waals surface area contributed by atoms with E-state index in [2.05, 4.69) is 10.6 Å². The molecular weight excluding hydrogens is 373 g/mol. The quantitative estimate of drug-likeness (QED) is 0.708. The third-order valence-corrected chi connectivity index (χ3v) is 4.41. The highest BCUT2D eigenvalue weighted by molar-refractivity contribution is 5.95. The maximum atomic E-state index is 13.1. The number of nitrogens with one attached hydrogen (secondary N) is 2. The Morgan fingerprint density at radius 1 is 1.03 bits per heavy atom. The highest BCUT2D eigenvalue weighted by Crippen LogP contribution is 2.14. The monoisotopic (exact) mass is 401 g/mol. The molecule has 0 spiro atoms. The minimum atomic E-state index is -0.815. The Labute approximate surface area is 171 Å².